The highest BCUT2D eigenvalue weighted by Crippen LogP contribution is 2.32. The van der Waals surface area contributed by atoms with Gasteiger partial charge < -0.3 is 10.6 Å². The van der Waals surface area contributed by atoms with Crippen molar-refractivity contribution in [1.29, 1.82) is 0 Å². The third-order valence-corrected chi connectivity index (χ3v) is 7.33. The number of anilines is 2. The van der Waals surface area contributed by atoms with Crippen molar-refractivity contribution in [3.05, 3.63) is 59.4 Å². The number of fused-ring (bicyclic) bond motifs is 1. The third-order valence-electron chi connectivity index (χ3n) is 7.33. The first-order valence-corrected chi connectivity index (χ1v) is 13.2. The van der Waals surface area contributed by atoms with Crippen LogP contribution in [-0.2, 0) is 13.0 Å². The number of benzene rings is 1. The Kier molecular flexibility index (Phi) is 8.31. The van der Waals surface area contributed by atoms with E-state index in [9.17, 15) is 8.78 Å². The average Bonchev–Trinajstić information content (AvgIpc) is 3.39. The van der Waals surface area contributed by atoms with Crippen molar-refractivity contribution in [3.8, 4) is 11.3 Å². The Morgan fingerprint density at radius 1 is 1.11 bits per heavy atom. The predicted octanol–water partition coefficient (Wildman–Crippen LogP) is 4.32. The van der Waals surface area contributed by atoms with E-state index in [0.717, 1.165) is 50.9 Å². The Hall–Kier alpha value is -3.34. The normalized spacial score (nSPS) is 17.9. The molecule has 10 heteroatoms. The first kappa shape index (κ1) is 26.3. The van der Waals surface area contributed by atoms with E-state index in [2.05, 4.69) is 47.1 Å². The van der Waals surface area contributed by atoms with Crippen molar-refractivity contribution in [2.24, 2.45) is 4.99 Å². The molecule has 1 unspecified atom stereocenters. The predicted molar refractivity (Wildman–Crippen MR) is 146 cm³/mol. The highest BCUT2D eigenvalue weighted by Gasteiger charge is 2.30. The van der Waals surface area contributed by atoms with Crippen LogP contribution in [0.2, 0.25) is 0 Å². The first-order chi connectivity index (χ1) is 18.5. The minimum Gasteiger partial charge on any atom is -0.320 e. The fourth-order valence-electron chi connectivity index (χ4n) is 5.41. The van der Waals surface area contributed by atoms with Crippen LogP contribution in [0, 0.1) is 11.6 Å². The lowest BCUT2D eigenvalue weighted by Crippen LogP contribution is -2.49. The van der Waals surface area contributed by atoms with Gasteiger partial charge in [-0.25, -0.2) is 23.7 Å². The lowest BCUT2D eigenvalue weighted by atomic mass is 10.0. The minimum atomic E-state index is -0.638. The molecular formula is C28H34F2N8. The van der Waals surface area contributed by atoms with Crippen LogP contribution in [0.4, 0.5) is 26.2 Å². The van der Waals surface area contributed by atoms with Crippen molar-refractivity contribution in [3.63, 3.8) is 0 Å². The zero-order valence-corrected chi connectivity index (χ0v) is 21.8. The van der Waals surface area contributed by atoms with Gasteiger partial charge in [0.2, 0.25) is 5.95 Å². The molecule has 5 rings (SSSR count). The highest BCUT2D eigenvalue weighted by atomic mass is 19.1. The zero-order chi connectivity index (χ0) is 26.5. The van der Waals surface area contributed by atoms with E-state index < -0.39 is 11.6 Å². The van der Waals surface area contributed by atoms with Crippen LogP contribution in [0.15, 0.2) is 41.7 Å². The fourth-order valence-corrected chi connectivity index (χ4v) is 5.41. The first-order valence-electron chi connectivity index (χ1n) is 13.2. The van der Waals surface area contributed by atoms with Gasteiger partial charge in [-0.2, -0.15) is 0 Å². The number of hydrogen-bond donors (Lipinski definition) is 2. The fraction of sp³-hybridized carbons (Fsp3) is 0.429. The van der Waals surface area contributed by atoms with Crippen LogP contribution in [0.1, 0.15) is 30.4 Å². The van der Waals surface area contributed by atoms with Gasteiger partial charge in [0.25, 0.3) is 0 Å². The molecule has 0 saturated carbocycles. The SMILES string of the molecule is C=Nc1c(F)cc(-c2nc(Nc3ccc(CN4CCN5CCCC5C4)cn3)ncc2F)cc1CCCNC. The molecule has 38 heavy (non-hydrogen) atoms. The second kappa shape index (κ2) is 12.0. The summed E-state index contributed by atoms with van der Waals surface area (Å²) in [7, 11) is 1.86. The van der Waals surface area contributed by atoms with Crippen LogP contribution in [0.25, 0.3) is 11.3 Å². The minimum absolute atomic E-state index is 0.00885. The van der Waals surface area contributed by atoms with Crippen molar-refractivity contribution >= 4 is 24.2 Å². The van der Waals surface area contributed by atoms with Gasteiger partial charge in [-0.05, 0) is 81.9 Å². The molecule has 0 aliphatic carbocycles. The molecule has 2 N–H and O–H groups in total. The summed E-state index contributed by atoms with van der Waals surface area (Å²) in [5.74, 6) is -0.462. The van der Waals surface area contributed by atoms with Gasteiger partial charge in [-0.1, -0.05) is 6.07 Å². The van der Waals surface area contributed by atoms with Gasteiger partial charge in [0.1, 0.15) is 23.0 Å². The topological polar surface area (TPSA) is 81.6 Å². The quantitative estimate of drug-likeness (QED) is 0.304. The molecule has 2 aliphatic heterocycles. The summed E-state index contributed by atoms with van der Waals surface area (Å²) in [4.78, 5) is 21.9. The zero-order valence-electron chi connectivity index (χ0n) is 21.8. The maximum atomic E-state index is 14.8. The number of nitrogens with zero attached hydrogens (tertiary/aromatic N) is 6. The molecule has 8 nitrogen and oxygen atoms in total. The van der Waals surface area contributed by atoms with Gasteiger partial charge in [-0.3, -0.25) is 14.8 Å². The smallest absolute Gasteiger partial charge is 0.229 e. The number of aryl methyl sites for hydroxylation is 1. The molecule has 0 spiro atoms. The van der Waals surface area contributed by atoms with Crippen LogP contribution in [0.5, 0.6) is 0 Å². The maximum Gasteiger partial charge on any atom is 0.229 e. The number of aromatic nitrogens is 3. The molecule has 2 fully saturated rings. The van der Waals surface area contributed by atoms with Crippen LogP contribution >= 0.6 is 0 Å². The van der Waals surface area contributed by atoms with Crippen molar-refractivity contribution in [2.45, 2.75) is 38.3 Å². The lowest BCUT2D eigenvalue weighted by molar-refractivity contribution is 0.0993. The van der Waals surface area contributed by atoms with Gasteiger partial charge in [0, 0.05) is 44.0 Å². The molecule has 0 amide bonds. The number of pyridine rings is 1. The summed E-state index contributed by atoms with van der Waals surface area (Å²) < 4.78 is 29.6. The molecule has 200 valence electrons. The molecule has 0 radical (unpaired) electrons. The van der Waals surface area contributed by atoms with Gasteiger partial charge >= 0.3 is 0 Å². The van der Waals surface area contributed by atoms with Crippen LogP contribution in [-0.4, -0.2) is 77.3 Å². The van der Waals surface area contributed by atoms with E-state index in [-0.39, 0.29) is 17.3 Å². The van der Waals surface area contributed by atoms with Crippen molar-refractivity contribution < 1.29 is 8.78 Å². The Bertz CT molecular complexity index is 1270. The van der Waals surface area contributed by atoms with Crippen LogP contribution < -0.4 is 10.6 Å². The van der Waals surface area contributed by atoms with E-state index in [1.165, 1.54) is 25.5 Å². The summed E-state index contributed by atoms with van der Waals surface area (Å²) in [5.41, 5.74) is 2.31. The average molecular weight is 521 g/mol. The summed E-state index contributed by atoms with van der Waals surface area (Å²) in [6.45, 7) is 9.67. The molecule has 2 aromatic heterocycles. The molecular weight excluding hydrogens is 486 g/mol. The van der Waals surface area contributed by atoms with Crippen molar-refractivity contribution in [1.82, 2.24) is 30.1 Å². The van der Waals surface area contributed by atoms with E-state index in [1.807, 2.05) is 25.4 Å². The molecule has 2 saturated heterocycles. The van der Waals surface area contributed by atoms with Crippen LogP contribution in [0.3, 0.4) is 0 Å². The summed E-state index contributed by atoms with van der Waals surface area (Å²) in [5, 5.41) is 6.11. The second-order valence-electron chi connectivity index (χ2n) is 9.96. The highest BCUT2D eigenvalue weighted by molar-refractivity contribution is 5.68. The second-order valence-corrected chi connectivity index (χ2v) is 9.96. The monoisotopic (exact) mass is 520 g/mol. The maximum absolute atomic E-state index is 14.8. The number of halogens is 2. The molecule has 3 aromatic rings. The standard InChI is InChI=1S/C28H34F2N8/c1-31-9-3-5-20-13-21(14-23(29)26(20)32-2)27-24(30)16-34-28(36-27)35-25-8-7-19(15-33-25)17-37-11-12-38-10-4-6-22(38)18-37/h7-8,13-16,22,31H,2-6,9-12,17-18H2,1H3,(H,33,34,35,36). The van der Waals surface area contributed by atoms with Crippen molar-refractivity contribution in [2.75, 3.05) is 45.1 Å². The largest absolute Gasteiger partial charge is 0.320 e. The van der Waals surface area contributed by atoms with E-state index in [4.69, 9.17) is 0 Å². The number of piperazine rings is 1. The molecule has 0 bridgehead atoms. The number of rotatable bonds is 10. The van der Waals surface area contributed by atoms with E-state index in [1.54, 1.807) is 6.07 Å². The van der Waals surface area contributed by atoms with E-state index >= 15 is 0 Å². The van der Waals surface area contributed by atoms with Gasteiger partial charge in [0.05, 0.1) is 6.20 Å². The Balaban J connectivity index is 1.29. The summed E-state index contributed by atoms with van der Waals surface area (Å²) in [6.07, 6.45) is 6.87. The lowest BCUT2D eigenvalue weighted by Gasteiger charge is -2.37. The number of hydrogen-bond acceptors (Lipinski definition) is 8. The van der Waals surface area contributed by atoms with Gasteiger partial charge in [-0.15, -0.1) is 0 Å². The van der Waals surface area contributed by atoms with E-state index in [0.29, 0.717) is 29.4 Å². The Morgan fingerprint density at radius 3 is 2.79 bits per heavy atom. The summed E-state index contributed by atoms with van der Waals surface area (Å²) >= 11 is 0. The molecule has 1 atom stereocenters. The molecule has 1 aromatic carbocycles. The summed E-state index contributed by atoms with van der Waals surface area (Å²) in [6, 6.07) is 7.55. The molecule has 4 heterocycles. The van der Waals surface area contributed by atoms with Gasteiger partial charge in [0.15, 0.2) is 5.82 Å². The molecule has 2 aliphatic rings. The third kappa shape index (κ3) is 6.03. The Morgan fingerprint density at radius 2 is 2.00 bits per heavy atom. The Labute approximate surface area is 222 Å². The number of nitrogens with one attached hydrogen (secondary N) is 2. The number of aliphatic imine (C=N–C) groups is 1.